The Kier molecular flexibility index (Phi) is 6.66. The van der Waals surface area contributed by atoms with Crippen LogP contribution in [0.15, 0.2) is 40.4 Å². The molecule has 2 heterocycles. The molecule has 3 aromatic rings. The Labute approximate surface area is 162 Å². The molecule has 138 valence electrons. The van der Waals surface area contributed by atoms with Gasteiger partial charge in [0.15, 0.2) is 11.5 Å². The van der Waals surface area contributed by atoms with Crippen LogP contribution in [0.1, 0.15) is 34.8 Å². The van der Waals surface area contributed by atoms with Crippen molar-refractivity contribution in [3.8, 4) is 11.5 Å². The van der Waals surface area contributed by atoms with Crippen molar-refractivity contribution in [1.29, 1.82) is 0 Å². The zero-order chi connectivity index (χ0) is 18.4. The van der Waals surface area contributed by atoms with Gasteiger partial charge in [0.2, 0.25) is 0 Å². The van der Waals surface area contributed by atoms with Crippen molar-refractivity contribution in [1.82, 2.24) is 10.3 Å². The number of nitrogens with zero attached hydrogens (tertiary/aromatic N) is 1. The molecular formula is C20H24N2O2S2. The first-order valence-electron chi connectivity index (χ1n) is 8.65. The van der Waals surface area contributed by atoms with Gasteiger partial charge in [0, 0.05) is 17.6 Å². The van der Waals surface area contributed by atoms with Crippen molar-refractivity contribution in [2.75, 3.05) is 13.7 Å². The van der Waals surface area contributed by atoms with Crippen molar-refractivity contribution < 1.29 is 9.47 Å². The maximum Gasteiger partial charge on any atom is 0.161 e. The summed E-state index contributed by atoms with van der Waals surface area (Å²) in [6.07, 6.45) is 0.935. The predicted octanol–water partition coefficient (Wildman–Crippen LogP) is 4.99. The van der Waals surface area contributed by atoms with E-state index in [1.807, 2.05) is 26.0 Å². The minimum atomic E-state index is 0.195. The molecule has 0 spiro atoms. The standard InChI is InChI=1S/C20H24N2O2S2/c1-4-24-18-6-5-15(10-19(18)23-3)11-21-17(9-16-7-8-25-13-16)20-22-14(2)12-26-20/h5-8,10,12-13,17,21H,4,9,11H2,1-3H3. The molecule has 0 radical (unpaired) electrons. The van der Waals surface area contributed by atoms with Crippen LogP contribution in [0.2, 0.25) is 0 Å². The van der Waals surface area contributed by atoms with Gasteiger partial charge in [-0.3, -0.25) is 0 Å². The molecule has 0 aliphatic heterocycles. The topological polar surface area (TPSA) is 43.4 Å². The molecule has 1 aromatic carbocycles. The third kappa shape index (κ3) is 4.84. The minimum absolute atomic E-state index is 0.195. The van der Waals surface area contributed by atoms with Crippen LogP contribution in [0, 0.1) is 6.92 Å². The van der Waals surface area contributed by atoms with Crippen molar-refractivity contribution in [3.05, 3.63) is 62.2 Å². The summed E-state index contributed by atoms with van der Waals surface area (Å²) in [5.41, 5.74) is 3.57. The molecule has 0 saturated carbocycles. The summed E-state index contributed by atoms with van der Waals surface area (Å²) < 4.78 is 11.1. The number of thiazole rings is 1. The molecule has 0 amide bonds. The summed E-state index contributed by atoms with van der Waals surface area (Å²) in [6.45, 7) is 5.38. The van der Waals surface area contributed by atoms with Gasteiger partial charge < -0.3 is 14.8 Å². The summed E-state index contributed by atoms with van der Waals surface area (Å²) in [4.78, 5) is 4.69. The SMILES string of the molecule is CCOc1ccc(CNC(Cc2ccsc2)c2nc(C)cs2)cc1OC. The van der Waals surface area contributed by atoms with Crippen molar-refractivity contribution >= 4 is 22.7 Å². The Morgan fingerprint density at radius 1 is 1.15 bits per heavy atom. The predicted molar refractivity (Wildman–Crippen MR) is 109 cm³/mol. The van der Waals surface area contributed by atoms with E-state index in [1.54, 1.807) is 29.8 Å². The molecule has 4 nitrogen and oxygen atoms in total. The molecule has 0 aliphatic rings. The first-order chi connectivity index (χ1) is 12.7. The molecular weight excluding hydrogens is 364 g/mol. The quantitative estimate of drug-likeness (QED) is 0.560. The Morgan fingerprint density at radius 2 is 2.04 bits per heavy atom. The van der Waals surface area contributed by atoms with Gasteiger partial charge in [-0.15, -0.1) is 11.3 Å². The second-order valence-corrected chi connectivity index (χ2v) is 7.68. The van der Waals surface area contributed by atoms with E-state index in [0.717, 1.165) is 40.7 Å². The van der Waals surface area contributed by atoms with Gasteiger partial charge in [0.25, 0.3) is 0 Å². The lowest BCUT2D eigenvalue weighted by Gasteiger charge is -2.17. The summed E-state index contributed by atoms with van der Waals surface area (Å²) in [5.74, 6) is 1.55. The first kappa shape index (κ1) is 18.9. The molecule has 0 aliphatic carbocycles. The molecule has 3 rings (SSSR count). The number of benzene rings is 1. The summed E-state index contributed by atoms with van der Waals surface area (Å²) in [5, 5.41) is 11.2. The highest BCUT2D eigenvalue weighted by atomic mass is 32.1. The van der Waals surface area contributed by atoms with Crippen LogP contribution in [0.25, 0.3) is 0 Å². The number of aryl methyl sites for hydroxylation is 1. The van der Waals surface area contributed by atoms with Gasteiger partial charge >= 0.3 is 0 Å². The number of nitrogens with one attached hydrogen (secondary N) is 1. The molecule has 0 bridgehead atoms. The van der Waals surface area contributed by atoms with E-state index < -0.39 is 0 Å². The van der Waals surface area contributed by atoms with Crippen molar-refractivity contribution in [2.24, 2.45) is 0 Å². The van der Waals surface area contributed by atoms with Crippen LogP contribution in [0.3, 0.4) is 0 Å². The molecule has 0 fully saturated rings. The monoisotopic (exact) mass is 388 g/mol. The maximum absolute atomic E-state index is 5.60. The van der Waals surface area contributed by atoms with Crippen LogP contribution >= 0.6 is 22.7 Å². The van der Waals surface area contributed by atoms with E-state index in [1.165, 1.54) is 5.56 Å². The third-order valence-electron chi connectivity index (χ3n) is 4.04. The fourth-order valence-corrected chi connectivity index (χ4v) is 4.31. The van der Waals surface area contributed by atoms with Crippen LogP contribution in [-0.4, -0.2) is 18.7 Å². The summed E-state index contributed by atoms with van der Waals surface area (Å²) in [6, 6.07) is 8.46. The average Bonchev–Trinajstić information content (AvgIpc) is 3.31. The van der Waals surface area contributed by atoms with Gasteiger partial charge in [-0.1, -0.05) is 6.07 Å². The molecule has 1 atom stereocenters. The molecule has 2 aromatic heterocycles. The Morgan fingerprint density at radius 3 is 2.69 bits per heavy atom. The number of rotatable bonds is 9. The Balaban J connectivity index is 1.73. The van der Waals surface area contributed by atoms with E-state index in [9.17, 15) is 0 Å². The number of ether oxygens (including phenoxy) is 2. The second-order valence-electron chi connectivity index (χ2n) is 6.01. The van der Waals surface area contributed by atoms with Crippen LogP contribution in [-0.2, 0) is 13.0 Å². The summed E-state index contributed by atoms with van der Waals surface area (Å²) >= 11 is 3.45. The first-order valence-corrected chi connectivity index (χ1v) is 10.5. The van der Waals surface area contributed by atoms with Crippen LogP contribution < -0.4 is 14.8 Å². The lowest BCUT2D eigenvalue weighted by molar-refractivity contribution is 0.310. The van der Waals surface area contributed by atoms with E-state index in [-0.39, 0.29) is 6.04 Å². The fraction of sp³-hybridized carbons (Fsp3) is 0.350. The highest BCUT2D eigenvalue weighted by molar-refractivity contribution is 7.09. The Hall–Kier alpha value is -1.89. The lowest BCUT2D eigenvalue weighted by atomic mass is 10.1. The number of hydrogen-bond acceptors (Lipinski definition) is 6. The minimum Gasteiger partial charge on any atom is -0.493 e. The van der Waals surface area contributed by atoms with Crippen LogP contribution in [0.5, 0.6) is 11.5 Å². The molecule has 1 N–H and O–H groups in total. The fourth-order valence-electron chi connectivity index (χ4n) is 2.76. The lowest BCUT2D eigenvalue weighted by Crippen LogP contribution is -2.23. The number of hydrogen-bond donors (Lipinski definition) is 1. The van der Waals surface area contributed by atoms with Crippen LogP contribution in [0.4, 0.5) is 0 Å². The normalized spacial score (nSPS) is 12.1. The number of thiophene rings is 1. The van der Waals surface area contributed by atoms with Gasteiger partial charge in [-0.05, 0) is 60.4 Å². The zero-order valence-electron chi connectivity index (χ0n) is 15.3. The zero-order valence-corrected chi connectivity index (χ0v) is 17.0. The Bertz CT molecular complexity index is 815. The highest BCUT2D eigenvalue weighted by Crippen LogP contribution is 2.29. The third-order valence-corrected chi connectivity index (χ3v) is 5.84. The molecule has 26 heavy (non-hydrogen) atoms. The van der Waals surface area contributed by atoms with E-state index in [0.29, 0.717) is 6.61 Å². The molecule has 6 heteroatoms. The molecule has 0 saturated heterocycles. The number of aromatic nitrogens is 1. The average molecular weight is 389 g/mol. The van der Waals surface area contributed by atoms with E-state index >= 15 is 0 Å². The largest absolute Gasteiger partial charge is 0.493 e. The maximum atomic E-state index is 5.60. The van der Waals surface area contributed by atoms with Gasteiger partial charge in [0.05, 0.1) is 19.8 Å². The van der Waals surface area contributed by atoms with Crippen molar-refractivity contribution in [2.45, 2.75) is 32.9 Å². The second kappa shape index (κ2) is 9.16. The van der Waals surface area contributed by atoms with Gasteiger partial charge in [0.1, 0.15) is 5.01 Å². The molecule has 1 unspecified atom stereocenters. The van der Waals surface area contributed by atoms with Gasteiger partial charge in [-0.2, -0.15) is 11.3 Å². The highest BCUT2D eigenvalue weighted by Gasteiger charge is 2.16. The number of methoxy groups -OCH3 is 1. The van der Waals surface area contributed by atoms with Gasteiger partial charge in [-0.25, -0.2) is 4.98 Å². The van der Waals surface area contributed by atoms with E-state index in [2.05, 4.69) is 33.6 Å². The smallest absolute Gasteiger partial charge is 0.161 e. The van der Waals surface area contributed by atoms with E-state index in [4.69, 9.17) is 14.5 Å². The summed E-state index contributed by atoms with van der Waals surface area (Å²) in [7, 11) is 1.67. The van der Waals surface area contributed by atoms with Crippen molar-refractivity contribution in [3.63, 3.8) is 0 Å².